The fourth-order valence-corrected chi connectivity index (χ4v) is 7.15. The van der Waals surface area contributed by atoms with E-state index >= 15 is 0 Å². The molecule has 1 aliphatic rings. The molecule has 16 heteroatoms. The summed E-state index contributed by atoms with van der Waals surface area (Å²) in [6.45, 7) is 3.72. The number of nitrogens with one attached hydrogen (secondary N) is 1. The standard InChI is InChI=1S/C12H21F3N4O6S3/c1-10-8-18(9-11(2)19(10)5-4-16)27(22,23)7-3-6-26(20,21)17-28(24,25)12(13,14)15/h10-11,17H,3,5-9H2,1-2H3. The predicted octanol–water partition coefficient (Wildman–Crippen LogP) is -0.607. The third kappa shape index (κ3) is 6.52. The van der Waals surface area contributed by atoms with Crippen molar-refractivity contribution < 1.29 is 38.4 Å². The molecule has 0 aromatic carbocycles. The first-order valence-electron chi connectivity index (χ1n) is 7.95. The van der Waals surface area contributed by atoms with E-state index in [2.05, 4.69) is 0 Å². The van der Waals surface area contributed by atoms with E-state index in [0.29, 0.717) is 4.13 Å². The molecule has 1 fully saturated rings. The highest BCUT2D eigenvalue weighted by Gasteiger charge is 2.48. The lowest BCUT2D eigenvalue weighted by molar-refractivity contribution is -0.0441. The van der Waals surface area contributed by atoms with E-state index in [4.69, 9.17) is 5.26 Å². The Morgan fingerprint density at radius 2 is 1.54 bits per heavy atom. The average molecular weight is 471 g/mol. The molecule has 1 aliphatic heterocycles. The monoisotopic (exact) mass is 470 g/mol. The minimum atomic E-state index is -6.10. The molecule has 10 nitrogen and oxygen atoms in total. The summed E-state index contributed by atoms with van der Waals surface area (Å²) in [6, 6.07) is 1.46. The Morgan fingerprint density at radius 3 is 1.96 bits per heavy atom. The molecule has 0 aromatic heterocycles. The van der Waals surface area contributed by atoms with Gasteiger partial charge in [0.05, 0.1) is 24.1 Å². The summed E-state index contributed by atoms with van der Waals surface area (Å²) in [5, 5.41) is 8.80. The SMILES string of the molecule is CC1CN(S(=O)(=O)CCCS(=O)(=O)NS(=O)(=O)C(F)(F)F)CC(C)N1CC#N. The summed E-state index contributed by atoms with van der Waals surface area (Å²) in [6.07, 6.45) is -0.591. The number of piperazine rings is 1. The van der Waals surface area contributed by atoms with Gasteiger partial charge in [-0.3, -0.25) is 4.90 Å². The molecule has 1 rings (SSSR count). The van der Waals surface area contributed by atoms with Crippen molar-refractivity contribution in [3.05, 3.63) is 0 Å². The number of sulfonamides is 3. The Balaban J connectivity index is 2.71. The predicted molar refractivity (Wildman–Crippen MR) is 93.1 cm³/mol. The molecule has 0 aliphatic carbocycles. The van der Waals surface area contributed by atoms with Gasteiger partial charge in [-0.15, -0.1) is 4.13 Å². The van der Waals surface area contributed by atoms with Crippen LogP contribution in [0.5, 0.6) is 0 Å². The molecular weight excluding hydrogens is 449 g/mol. The zero-order chi connectivity index (χ0) is 22.0. The van der Waals surface area contributed by atoms with Crippen molar-refractivity contribution in [3.63, 3.8) is 0 Å². The Hall–Kier alpha value is -0.990. The van der Waals surface area contributed by atoms with Gasteiger partial charge in [-0.05, 0) is 20.3 Å². The van der Waals surface area contributed by atoms with Crippen LogP contribution in [0.2, 0.25) is 0 Å². The van der Waals surface area contributed by atoms with Gasteiger partial charge >= 0.3 is 15.5 Å². The van der Waals surface area contributed by atoms with Crippen LogP contribution in [0.1, 0.15) is 20.3 Å². The van der Waals surface area contributed by atoms with E-state index in [0.717, 1.165) is 4.31 Å². The van der Waals surface area contributed by atoms with Crippen molar-refractivity contribution in [3.8, 4) is 6.07 Å². The van der Waals surface area contributed by atoms with Crippen molar-refractivity contribution in [2.75, 3.05) is 31.1 Å². The Kier molecular flexibility index (Phi) is 7.87. The van der Waals surface area contributed by atoms with Gasteiger partial charge < -0.3 is 0 Å². The quantitative estimate of drug-likeness (QED) is 0.463. The molecule has 164 valence electrons. The number of rotatable bonds is 8. The first-order valence-corrected chi connectivity index (χ1v) is 12.7. The van der Waals surface area contributed by atoms with Crippen LogP contribution in [-0.4, -0.2) is 83.2 Å². The molecule has 28 heavy (non-hydrogen) atoms. The molecule has 0 saturated carbocycles. The van der Waals surface area contributed by atoms with Crippen molar-refractivity contribution in [2.24, 2.45) is 0 Å². The first kappa shape index (κ1) is 25.0. The van der Waals surface area contributed by atoms with Crippen molar-refractivity contribution in [1.29, 1.82) is 5.26 Å². The van der Waals surface area contributed by atoms with Crippen LogP contribution in [0.25, 0.3) is 0 Å². The summed E-state index contributed by atoms with van der Waals surface area (Å²) in [7, 11) is -14.9. The van der Waals surface area contributed by atoms with E-state index < -0.39 is 53.5 Å². The van der Waals surface area contributed by atoms with Crippen molar-refractivity contribution in [1.82, 2.24) is 13.3 Å². The number of halogens is 3. The van der Waals surface area contributed by atoms with Crippen LogP contribution < -0.4 is 4.13 Å². The maximum absolute atomic E-state index is 12.4. The van der Waals surface area contributed by atoms with Gasteiger partial charge in [0.25, 0.3) is 0 Å². The normalized spacial score (nSPS) is 23.4. The molecule has 0 radical (unpaired) electrons. The summed E-state index contributed by atoms with van der Waals surface area (Å²) < 4.78 is 108. The molecule has 1 N–H and O–H groups in total. The Bertz CT molecular complexity index is 899. The van der Waals surface area contributed by atoms with Crippen LogP contribution in [0, 0.1) is 11.3 Å². The lowest BCUT2D eigenvalue weighted by Crippen LogP contribution is -2.58. The largest absolute Gasteiger partial charge is 0.512 e. The molecule has 2 unspecified atom stereocenters. The van der Waals surface area contributed by atoms with E-state index in [1.165, 1.54) is 0 Å². The van der Waals surface area contributed by atoms with Crippen LogP contribution in [0.4, 0.5) is 13.2 Å². The van der Waals surface area contributed by atoms with Gasteiger partial charge in [-0.2, -0.15) is 22.7 Å². The number of hydrogen-bond donors (Lipinski definition) is 1. The molecule has 1 heterocycles. The van der Waals surface area contributed by atoms with Gasteiger partial charge in [0, 0.05) is 25.2 Å². The summed E-state index contributed by atoms with van der Waals surface area (Å²) in [5.41, 5.74) is -5.80. The highest BCUT2D eigenvalue weighted by molar-refractivity contribution is 8.05. The average Bonchev–Trinajstić information content (AvgIpc) is 2.48. The third-order valence-electron chi connectivity index (χ3n) is 4.07. The van der Waals surface area contributed by atoms with Crippen LogP contribution in [0.3, 0.4) is 0 Å². The maximum Gasteiger partial charge on any atom is 0.512 e. The van der Waals surface area contributed by atoms with E-state index in [9.17, 15) is 38.4 Å². The Morgan fingerprint density at radius 1 is 1.04 bits per heavy atom. The molecule has 1 saturated heterocycles. The summed E-state index contributed by atoms with van der Waals surface area (Å²) in [4.78, 5) is 1.81. The van der Waals surface area contributed by atoms with Gasteiger partial charge in [0.1, 0.15) is 0 Å². The first-order chi connectivity index (χ1) is 12.5. The topological polar surface area (TPSA) is 145 Å². The minimum Gasteiger partial charge on any atom is -0.282 e. The Labute approximate surface area is 162 Å². The lowest BCUT2D eigenvalue weighted by atomic mass is 10.1. The second kappa shape index (κ2) is 8.79. The third-order valence-corrected chi connectivity index (χ3v) is 9.29. The molecule has 0 spiro atoms. The fraction of sp³-hybridized carbons (Fsp3) is 0.917. The van der Waals surface area contributed by atoms with Gasteiger partial charge in [-0.1, -0.05) is 0 Å². The van der Waals surface area contributed by atoms with Crippen LogP contribution in [-0.2, 0) is 30.1 Å². The van der Waals surface area contributed by atoms with E-state index in [1.807, 2.05) is 11.0 Å². The zero-order valence-corrected chi connectivity index (χ0v) is 17.5. The fourth-order valence-electron chi connectivity index (χ4n) is 2.75. The summed E-state index contributed by atoms with van der Waals surface area (Å²) in [5.74, 6) is -1.79. The van der Waals surface area contributed by atoms with Gasteiger partial charge in [-0.25, -0.2) is 25.3 Å². The molecule has 0 aromatic rings. The number of nitrogens with zero attached hydrogens (tertiary/aromatic N) is 3. The molecule has 0 bridgehead atoms. The van der Waals surface area contributed by atoms with Crippen LogP contribution in [0.15, 0.2) is 0 Å². The highest BCUT2D eigenvalue weighted by Crippen LogP contribution is 2.22. The summed E-state index contributed by atoms with van der Waals surface area (Å²) >= 11 is 0. The lowest BCUT2D eigenvalue weighted by Gasteiger charge is -2.42. The van der Waals surface area contributed by atoms with Crippen LogP contribution >= 0.6 is 0 Å². The zero-order valence-electron chi connectivity index (χ0n) is 15.0. The number of nitriles is 1. The minimum absolute atomic E-state index is 0.0712. The highest BCUT2D eigenvalue weighted by atomic mass is 32.3. The van der Waals surface area contributed by atoms with E-state index in [1.54, 1.807) is 13.8 Å². The van der Waals surface area contributed by atoms with E-state index in [-0.39, 0.29) is 31.7 Å². The molecular formula is C12H21F3N4O6S3. The molecule has 2 atom stereocenters. The second-order valence-electron chi connectivity index (χ2n) is 6.37. The van der Waals surface area contributed by atoms with Gasteiger partial charge in [0.15, 0.2) is 0 Å². The second-order valence-corrected chi connectivity index (χ2v) is 12.2. The number of hydrogen-bond acceptors (Lipinski definition) is 8. The molecule has 0 amide bonds. The maximum atomic E-state index is 12.4. The smallest absolute Gasteiger partial charge is 0.282 e. The van der Waals surface area contributed by atoms with Gasteiger partial charge in [0.2, 0.25) is 20.0 Å². The number of alkyl halides is 3. The van der Waals surface area contributed by atoms with Crippen molar-refractivity contribution >= 4 is 30.1 Å². The van der Waals surface area contributed by atoms with Crippen molar-refractivity contribution in [2.45, 2.75) is 37.9 Å².